The van der Waals surface area contributed by atoms with Gasteiger partial charge in [-0.3, -0.25) is 4.79 Å². The van der Waals surface area contributed by atoms with Crippen LogP contribution in [-0.4, -0.2) is 30.8 Å². The summed E-state index contributed by atoms with van der Waals surface area (Å²) in [7, 11) is 0. The van der Waals surface area contributed by atoms with E-state index in [2.05, 4.69) is 4.90 Å². The summed E-state index contributed by atoms with van der Waals surface area (Å²) in [5.74, 6) is -0.684. The van der Waals surface area contributed by atoms with E-state index < -0.39 is 23.4 Å². The predicted molar refractivity (Wildman–Crippen MR) is 104 cm³/mol. The summed E-state index contributed by atoms with van der Waals surface area (Å²) in [4.78, 5) is 27.8. The molecule has 0 saturated heterocycles. The maximum Gasteiger partial charge on any atom is 0.340 e. The fraction of sp³-hybridized carbons (Fsp3) is 0.333. The highest BCUT2D eigenvalue weighted by Gasteiger charge is 2.57. The smallest absolute Gasteiger partial charge is 0.340 e. The van der Waals surface area contributed by atoms with Crippen LogP contribution >= 0.6 is 0 Å². The Bertz CT molecular complexity index is 1070. The number of hydrogen-bond acceptors (Lipinski definition) is 8. The van der Waals surface area contributed by atoms with Crippen LogP contribution in [0.2, 0.25) is 0 Å². The standard InChI is InChI=1S/C21H22N2O6/c1-3-23-11-21(13-7-5-6-8-14(13)23)16(20(26)27-4-2)19(22)29-17-15(25)9-12(10-24)28-18(17)21/h5-9,24H,3-4,10-11,22H2,1-2H3. The van der Waals surface area contributed by atoms with E-state index in [1.54, 1.807) is 6.92 Å². The topological polar surface area (TPSA) is 115 Å². The number of anilines is 1. The summed E-state index contributed by atoms with van der Waals surface area (Å²) in [6, 6.07) is 8.72. The molecule has 29 heavy (non-hydrogen) atoms. The number of likely N-dealkylation sites (N-methyl/N-ethyl adjacent to an activating group) is 1. The van der Waals surface area contributed by atoms with E-state index in [4.69, 9.17) is 19.6 Å². The minimum Gasteiger partial charge on any atom is -0.462 e. The number of aliphatic hydroxyl groups excluding tert-OH is 1. The van der Waals surface area contributed by atoms with Crippen molar-refractivity contribution in [3.05, 3.63) is 69.1 Å². The zero-order valence-electron chi connectivity index (χ0n) is 16.2. The van der Waals surface area contributed by atoms with Gasteiger partial charge in [-0.1, -0.05) is 18.2 Å². The molecule has 3 N–H and O–H groups in total. The minimum absolute atomic E-state index is 0.0767. The van der Waals surface area contributed by atoms with Crippen molar-refractivity contribution in [3.63, 3.8) is 0 Å². The molecule has 2 aliphatic heterocycles. The highest BCUT2D eigenvalue weighted by molar-refractivity contribution is 5.96. The van der Waals surface area contributed by atoms with Gasteiger partial charge in [0.15, 0.2) is 5.76 Å². The molecular weight excluding hydrogens is 376 g/mol. The van der Waals surface area contributed by atoms with Gasteiger partial charge < -0.3 is 29.6 Å². The quantitative estimate of drug-likeness (QED) is 0.743. The second-order valence-corrected chi connectivity index (χ2v) is 6.89. The predicted octanol–water partition coefficient (Wildman–Crippen LogP) is 1.38. The molecule has 0 saturated carbocycles. The number of aliphatic hydroxyl groups is 1. The van der Waals surface area contributed by atoms with Gasteiger partial charge in [0.25, 0.3) is 0 Å². The first-order valence-corrected chi connectivity index (χ1v) is 9.45. The summed E-state index contributed by atoms with van der Waals surface area (Å²) < 4.78 is 16.8. The molecule has 1 unspecified atom stereocenters. The third kappa shape index (κ3) is 2.63. The summed E-state index contributed by atoms with van der Waals surface area (Å²) >= 11 is 0. The van der Waals surface area contributed by atoms with Gasteiger partial charge in [-0.2, -0.15) is 0 Å². The number of nitrogens with two attached hydrogens (primary N) is 1. The molecule has 0 bridgehead atoms. The maximum atomic E-state index is 13.0. The minimum atomic E-state index is -1.19. The third-order valence-electron chi connectivity index (χ3n) is 5.38. The van der Waals surface area contributed by atoms with Gasteiger partial charge in [-0.05, 0) is 25.5 Å². The van der Waals surface area contributed by atoms with E-state index in [1.807, 2.05) is 31.2 Å². The van der Waals surface area contributed by atoms with Crippen LogP contribution in [0.4, 0.5) is 5.69 Å². The van der Waals surface area contributed by atoms with E-state index in [0.29, 0.717) is 13.1 Å². The lowest BCUT2D eigenvalue weighted by Crippen LogP contribution is -2.45. The van der Waals surface area contributed by atoms with Gasteiger partial charge in [-0.25, -0.2) is 4.79 Å². The normalized spacial score (nSPS) is 19.8. The molecule has 2 aromatic rings. The summed E-state index contributed by atoms with van der Waals surface area (Å²) in [5.41, 5.74) is 6.25. The Morgan fingerprint density at radius 1 is 1.34 bits per heavy atom. The number of para-hydroxylation sites is 1. The van der Waals surface area contributed by atoms with E-state index >= 15 is 0 Å². The highest BCUT2D eigenvalue weighted by Crippen LogP contribution is 2.54. The summed E-state index contributed by atoms with van der Waals surface area (Å²) in [6.45, 7) is 4.35. The number of benzene rings is 1. The molecule has 0 fully saturated rings. The second kappa shape index (κ2) is 6.97. The van der Waals surface area contributed by atoms with Crippen molar-refractivity contribution in [3.8, 4) is 5.75 Å². The van der Waals surface area contributed by atoms with Crippen LogP contribution in [0.5, 0.6) is 5.75 Å². The molecule has 2 aliphatic rings. The zero-order chi connectivity index (χ0) is 20.8. The van der Waals surface area contributed by atoms with Crippen molar-refractivity contribution < 1.29 is 23.8 Å². The fourth-order valence-electron chi connectivity index (χ4n) is 4.21. The van der Waals surface area contributed by atoms with E-state index in [-0.39, 0.29) is 35.3 Å². The van der Waals surface area contributed by atoms with Crippen molar-refractivity contribution in [1.29, 1.82) is 0 Å². The lowest BCUT2D eigenvalue weighted by atomic mass is 9.72. The number of fused-ring (bicyclic) bond motifs is 4. The van der Waals surface area contributed by atoms with Crippen molar-refractivity contribution in [2.24, 2.45) is 5.73 Å². The third-order valence-corrected chi connectivity index (χ3v) is 5.38. The Hall–Kier alpha value is -3.26. The molecule has 8 heteroatoms. The first-order valence-electron chi connectivity index (χ1n) is 9.45. The van der Waals surface area contributed by atoms with Crippen LogP contribution in [0.1, 0.15) is 30.9 Å². The van der Waals surface area contributed by atoms with Crippen molar-refractivity contribution in [1.82, 2.24) is 0 Å². The SMILES string of the molecule is CCOC(=O)C1=C(N)Oc2c(oc(CO)cc2=O)C12CN(CC)c1ccccc12. The molecule has 1 aromatic carbocycles. The van der Waals surface area contributed by atoms with Gasteiger partial charge in [0.05, 0.1) is 6.61 Å². The molecule has 8 nitrogen and oxygen atoms in total. The average molecular weight is 398 g/mol. The number of rotatable bonds is 4. The molecule has 1 spiro atoms. The first-order chi connectivity index (χ1) is 14.0. The van der Waals surface area contributed by atoms with Crippen molar-refractivity contribution in [2.75, 3.05) is 24.6 Å². The molecule has 4 rings (SSSR count). The van der Waals surface area contributed by atoms with Crippen LogP contribution < -0.4 is 20.8 Å². The Kier molecular flexibility index (Phi) is 4.58. The zero-order valence-corrected chi connectivity index (χ0v) is 16.2. The number of ether oxygens (including phenoxy) is 2. The molecule has 0 aliphatic carbocycles. The van der Waals surface area contributed by atoms with Crippen LogP contribution in [-0.2, 0) is 21.6 Å². The van der Waals surface area contributed by atoms with Crippen LogP contribution in [0, 0.1) is 0 Å². The van der Waals surface area contributed by atoms with Crippen LogP contribution in [0.3, 0.4) is 0 Å². The van der Waals surface area contributed by atoms with Gasteiger partial charge in [0, 0.05) is 24.8 Å². The molecule has 152 valence electrons. The largest absolute Gasteiger partial charge is 0.462 e. The lowest BCUT2D eigenvalue weighted by molar-refractivity contribution is -0.139. The van der Waals surface area contributed by atoms with Crippen LogP contribution in [0.15, 0.2) is 51.0 Å². The number of carbonyl (C=O) groups excluding carboxylic acids is 1. The molecule has 1 atom stereocenters. The van der Waals surface area contributed by atoms with E-state index in [1.165, 1.54) is 0 Å². The molecule has 1 aromatic heterocycles. The lowest BCUT2D eigenvalue weighted by Gasteiger charge is -2.35. The Morgan fingerprint density at radius 2 is 2.10 bits per heavy atom. The molecule has 0 radical (unpaired) electrons. The van der Waals surface area contributed by atoms with Gasteiger partial charge in [-0.15, -0.1) is 0 Å². The number of esters is 1. The van der Waals surface area contributed by atoms with Crippen molar-refractivity contribution in [2.45, 2.75) is 25.9 Å². The average Bonchev–Trinajstić information content (AvgIpc) is 3.04. The Labute approximate surface area is 167 Å². The fourth-order valence-corrected chi connectivity index (χ4v) is 4.21. The maximum absolute atomic E-state index is 13.0. The number of hydrogen-bond donors (Lipinski definition) is 2. The van der Waals surface area contributed by atoms with E-state index in [9.17, 15) is 14.7 Å². The number of carbonyl (C=O) groups is 1. The Balaban J connectivity index is 2.10. The second-order valence-electron chi connectivity index (χ2n) is 6.89. The summed E-state index contributed by atoms with van der Waals surface area (Å²) in [6.07, 6.45) is 0. The monoisotopic (exact) mass is 398 g/mol. The molecule has 3 heterocycles. The molecule has 0 amide bonds. The van der Waals surface area contributed by atoms with Gasteiger partial charge >= 0.3 is 5.97 Å². The Morgan fingerprint density at radius 3 is 2.79 bits per heavy atom. The highest BCUT2D eigenvalue weighted by atomic mass is 16.5. The summed E-state index contributed by atoms with van der Waals surface area (Å²) in [5, 5.41) is 9.59. The van der Waals surface area contributed by atoms with E-state index in [0.717, 1.165) is 17.3 Å². The van der Waals surface area contributed by atoms with Crippen molar-refractivity contribution >= 4 is 11.7 Å². The van der Waals surface area contributed by atoms with Crippen LogP contribution in [0.25, 0.3) is 0 Å². The van der Waals surface area contributed by atoms with Gasteiger partial charge in [0.2, 0.25) is 17.1 Å². The number of nitrogens with zero attached hydrogens (tertiary/aromatic N) is 1. The van der Waals surface area contributed by atoms with Gasteiger partial charge in [0.1, 0.15) is 23.4 Å². The molecular formula is C21H22N2O6. The first kappa shape index (κ1) is 19.1.